The van der Waals surface area contributed by atoms with Crippen LogP contribution in [0.5, 0.6) is 0 Å². The molecule has 0 bridgehead atoms. The van der Waals surface area contributed by atoms with Gasteiger partial charge < -0.3 is 14.7 Å². The number of quaternary nitrogens is 1. The van der Waals surface area contributed by atoms with Crippen LogP contribution in [0.15, 0.2) is 0 Å². The Morgan fingerprint density at radius 3 is 2.21 bits per heavy atom. The maximum atomic E-state index is 11.3. The van der Waals surface area contributed by atoms with Gasteiger partial charge in [-0.25, -0.2) is 0 Å². The van der Waals surface area contributed by atoms with Crippen LogP contribution in [0.2, 0.25) is 0 Å². The summed E-state index contributed by atoms with van der Waals surface area (Å²) >= 11 is 0. The van der Waals surface area contributed by atoms with Crippen molar-refractivity contribution in [1.82, 2.24) is 0 Å². The summed E-state index contributed by atoms with van der Waals surface area (Å²) < 4.78 is 7.17. The Morgan fingerprint density at radius 1 is 1.43 bits per heavy atom. The summed E-state index contributed by atoms with van der Waals surface area (Å²) in [5, 5.41) is 18.5. The summed E-state index contributed by atoms with van der Waals surface area (Å²) in [6.45, 7) is -0.624. The number of hydrogen-bond acceptors (Lipinski definition) is 3. The molecule has 1 unspecified atom stereocenters. The fourth-order valence-electron chi connectivity index (χ4n) is 1.28. The van der Waals surface area contributed by atoms with Crippen LogP contribution in [0.4, 0.5) is 0 Å². The second kappa shape index (κ2) is 4.06. The maximum Gasteiger partial charge on any atom is 0.306 e. The first-order valence-electron chi connectivity index (χ1n) is 4.88. The second-order valence-electron chi connectivity index (χ2n) is 4.47. The van der Waals surface area contributed by atoms with Crippen LogP contribution >= 0.6 is 0 Å². The normalized spacial score (nSPS) is 17.0. The Hall–Kier alpha value is -0.940. The number of likely N-dealkylation sites (N-methyl/N-ethyl adjacent to an activating group) is 1. The van der Waals surface area contributed by atoms with Crippen molar-refractivity contribution in [3.05, 3.63) is 0 Å². The molecule has 0 saturated carbocycles. The van der Waals surface area contributed by atoms with Crippen LogP contribution in [-0.2, 0) is 9.59 Å². The molecule has 0 fully saturated rings. The first kappa shape index (κ1) is 11.1. The maximum absolute atomic E-state index is 11.3. The number of carbonyl (C=O) groups excluding carboxylic acids is 1. The molecule has 5 nitrogen and oxygen atoms in total. The van der Waals surface area contributed by atoms with Gasteiger partial charge in [0.2, 0.25) is 0 Å². The standard InChI is InChI=1S/C9H17NO4/c1-7(11)9(14,5-8(12)13)6-10(2,3)4/h14H,5-6H2,1-4H3/p+1/i1D. The van der Waals surface area contributed by atoms with Crippen molar-refractivity contribution in [2.24, 2.45) is 0 Å². The van der Waals surface area contributed by atoms with Gasteiger partial charge in [-0.15, -0.1) is 0 Å². The van der Waals surface area contributed by atoms with E-state index in [4.69, 9.17) is 6.48 Å². The number of carboxylic acid groups (broad SMARTS) is 1. The molecule has 0 aliphatic heterocycles. The van der Waals surface area contributed by atoms with Crippen LogP contribution in [0.3, 0.4) is 0 Å². The van der Waals surface area contributed by atoms with E-state index in [0.29, 0.717) is 0 Å². The van der Waals surface area contributed by atoms with E-state index in [1.807, 2.05) is 0 Å². The van der Waals surface area contributed by atoms with Gasteiger partial charge >= 0.3 is 5.97 Å². The third-order valence-electron chi connectivity index (χ3n) is 1.70. The van der Waals surface area contributed by atoms with E-state index in [1.165, 1.54) is 0 Å². The molecule has 0 saturated heterocycles. The number of carbonyl (C=O) groups is 2. The van der Waals surface area contributed by atoms with E-state index >= 15 is 0 Å². The molecule has 0 rings (SSSR count). The van der Waals surface area contributed by atoms with Gasteiger partial charge in [-0.3, -0.25) is 9.59 Å². The predicted octanol–water partition coefficient (Wildman–Crippen LogP) is -0.513. The number of hydrogen-bond donors (Lipinski definition) is 2. The van der Waals surface area contributed by atoms with Crippen molar-refractivity contribution >= 4 is 11.8 Å². The minimum absolute atomic E-state index is 0.0169. The summed E-state index contributed by atoms with van der Waals surface area (Å²) in [6.07, 6.45) is -0.653. The van der Waals surface area contributed by atoms with Crippen molar-refractivity contribution in [2.75, 3.05) is 27.7 Å². The lowest BCUT2D eigenvalue weighted by atomic mass is 9.94. The van der Waals surface area contributed by atoms with Crippen LogP contribution < -0.4 is 0 Å². The largest absolute Gasteiger partial charge is 0.481 e. The van der Waals surface area contributed by atoms with E-state index < -0.39 is 30.7 Å². The minimum atomic E-state index is -1.94. The lowest BCUT2D eigenvalue weighted by Gasteiger charge is -2.32. The number of nitrogens with zero attached hydrogens (tertiary/aromatic N) is 1. The molecule has 0 aliphatic rings. The molecule has 0 spiro atoms. The molecule has 0 radical (unpaired) electrons. The quantitative estimate of drug-likeness (QED) is 0.593. The Morgan fingerprint density at radius 2 is 1.93 bits per heavy atom. The van der Waals surface area contributed by atoms with Crippen molar-refractivity contribution in [2.45, 2.75) is 18.9 Å². The van der Waals surface area contributed by atoms with Crippen molar-refractivity contribution < 1.29 is 25.7 Å². The molecule has 5 heteroatoms. The van der Waals surface area contributed by atoms with Crippen molar-refractivity contribution in [3.63, 3.8) is 0 Å². The number of carboxylic acids is 1. The first-order chi connectivity index (χ1) is 6.60. The highest BCUT2D eigenvalue weighted by atomic mass is 16.4. The minimum Gasteiger partial charge on any atom is -0.481 e. The molecule has 0 aromatic carbocycles. The number of aliphatic carboxylic acids is 1. The van der Waals surface area contributed by atoms with Gasteiger partial charge in [-0.1, -0.05) is 0 Å². The summed E-state index contributed by atoms with van der Waals surface area (Å²) in [5.41, 5.74) is -1.94. The third-order valence-corrected chi connectivity index (χ3v) is 1.70. The van der Waals surface area contributed by atoms with E-state index in [0.717, 1.165) is 0 Å². The van der Waals surface area contributed by atoms with Crippen molar-refractivity contribution in [3.8, 4) is 0 Å². The molecule has 82 valence electrons. The molecule has 0 heterocycles. The third kappa shape index (κ3) is 4.34. The average molecular weight is 205 g/mol. The van der Waals surface area contributed by atoms with Crippen LogP contribution in [0, 0.1) is 0 Å². The number of rotatable bonds is 5. The Labute approximate surface area is 84.9 Å². The van der Waals surface area contributed by atoms with Gasteiger partial charge in [0, 0.05) is 1.37 Å². The van der Waals surface area contributed by atoms with Crippen LogP contribution in [0.25, 0.3) is 0 Å². The molecule has 0 aromatic rings. The topological polar surface area (TPSA) is 74.6 Å². The highest BCUT2D eigenvalue weighted by Gasteiger charge is 2.40. The zero-order valence-electron chi connectivity index (χ0n) is 9.78. The molecular weight excluding hydrogens is 186 g/mol. The smallest absolute Gasteiger partial charge is 0.306 e. The van der Waals surface area contributed by atoms with E-state index in [2.05, 4.69) is 0 Å². The molecule has 14 heavy (non-hydrogen) atoms. The van der Waals surface area contributed by atoms with Gasteiger partial charge in [-0.05, 0) is 6.90 Å². The molecule has 0 aliphatic carbocycles. The fourth-order valence-corrected chi connectivity index (χ4v) is 1.28. The summed E-state index contributed by atoms with van der Waals surface area (Å²) in [6, 6.07) is 0. The van der Waals surface area contributed by atoms with Gasteiger partial charge in [-0.2, -0.15) is 0 Å². The van der Waals surface area contributed by atoms with Crippen LogP contribution in [0.1, 0.15) is 14.7 Å². The summed E-state index contributed by atoms with van der Waals surface area (Å²) in [7, 11) is 5.22. The molecule has 1 atom stereocenters. The summed E-state index contributed by atoms with van der Waals surface area (Å²) in [5.74, 6) is -1.99. The fraction of sp³-hybridized carbons (Fsp3) is 0.778. The lowest BCUT2D eigenvalue weighted by Crippen LogP contribution is -2.54. The van der Waals surface area contributed by atoms with Gasteiger partial charge in [0.05, 0.1) is 27.6 Å². The molecular formula is C9H18NO4+. The zero-order valence-corrected chi connectivity index (χ0v) is 8.78. The van der Waals surface area contributed by atoms with Gasteiger partial charge in [0.1, 0.15) is 6.54 Å². The number of aliphatic hydroxyl groups is 1. The van der Waals surface area contributed by atoms with E-state index in [9.17, 15) is 14.7 Å². The van der Waals surface area contributed by atoms with E-state index in [-0.39, 0.29) is 11.0 Å². The SMILES string of the molecule is [2H]CC(=O)C(O)(CC(=O)O)C[N+](C)(C)C. The van der Waals surface area contributed by atoms with Gasteiger partial charge in [0.15, 0.2) is 11.4 Å². The molecule has 0 amide bonds. The Bertz CT molecular complexity index is 261. The van der Waals surface area contributed by atoms with Crippen molar-refractivity contribution in [1.29, 1.82) is 0 Å². The first-order valence-corrected chi connectivity index (χ1v) is 4.18. The number of ketones is 1. The van der Waals surface area contributed by atoms with Crippen LogP contribution in [-0.4, -0.2) is 59.7 Å². The molecule has 0 aromatic heterocycles. The number of Topliss-reactive ketones (excluding diaryl/α,β-unsaturated/α-hetero) is 1. The highest BCUT2D eigenvalue weighted by molar-refractivity contribution is 5.89. The highest BCUT2D eigenvalue weighted by Crippen LogP contribution is 2.15. The van der Waals surface area contributed by atoms with E-state index in [1.54, 1.807) is 21.1 Å². The zero-order chi connectivity index (χ0) is 12.3. The predicted molar refractivity (Wildman–Crippen MR) is 50.8 cm³/mol. The lowest BCUT2D eigenvalue weighted by molar-refractivity contribution is -0.875. The Kier molecular flexibility index (Phi) is 3.23. The monoisotopic (exact) mass is 205 g/mol. The summed E-state index contributed by atoms with van der Waals surface area (Å²) in [4.78, 5) is 21.9. The average Bonchev–Trinajstić information content (AvgIpc) is 1.97. The second-order valence-corrected chi connectivity index (χ2v) is 4.47. The molecule has 2 N–H and O–H groups in total. The Balaban J connectivity index is 4.86. The van der Waals surface area contributed by atoms with Gasteiger partial charge in [0.25, 0.3) is 0 Å².